The van der Waals surface area contributed by atoms with Crippen molar-refractivity contribution < 1.29 is 57.2 Å². The van der Waals surface area contributed by atoms with Crippen molar-refractivity contribution in [2.75, 3.05) is 20.4 Å². The molecule has 0 amide bonds. The quantitative estimate of drug-likeness (QED) is 0.243. The van der Waals surface area contributed by atoms with Crippen molar-refractivity contribution in [2.45, 2.75) is 39.5 Å². The summed E-state index contributed by atoms with van der Waals surface area (Å²) in [6, 6.07) is 0. The van der Waals surface area contributed by atoms with Gasteiger partial charge in [0.05, 0.1) is 25.7 Å². The smallest absolute Gasteiger partial charge is 0.309 e. The lowest BCUT2D eigenvalue weighted by atomic mass is 10.3. The number of carbonyl (C=O) groups is 6. The van der Waals surface area contributed by atoms with Gasteiger partial charge in [-0.1, -0.05) is 0 Å². The molecule has 12 heteroatoms. The van der Waals surface area contributed by atoms with E-state index in [1.807, 2.05) is 0 Å². The van der Waals surface area contributed by atoms with Crippen LogP contribution in [0.15, 0.2) is 0 Å². The highest BCUT2D eigenvalue weighted by atomic mass is 16.7. The molecule has 0 fully saturated rings. The fourth-order valence-electron chi connectivity index (χ4n) is 1.21. The number of carbonyl (C=O) groups excluding carboxylic acids is 6. The molecule has 27 heavy (non-hydrogen) atoms. The minimum Gasteiger partial charge on any atom is -0.428 e. The van der Waals surface area contributed by atoms with Gasteiger partial charge in [0.2, 0.25) is 20.4 Å². The van der Waals surface area contributed by atoms with E-state index in [1.54, 1.807) is 0 Å². The molecule has 0 aromatic heterocycles. The average Bonchev–Trinajstić information content (AvgIpc) is 2.57. The van der Waals surface area contributed by atoms with Crippen LogP contribution >= 0.6 is 0 Å². The van der Waals surface area contributed by atoms with E-state index in [4.69, 9.17) is 0 Å². The standard InChI is InChI=1S/C15H20O12/c1-10(16)22-7-24-12(18)3-5-14(20)26-9-27-15(21)6-4-13(19)25-8-23-11(2)17/h3-9H2,1-2H3. The molecule has 0 rings (SSSR count). The van der Waals surface area contributed by atoms with E-state index in [0.29, 0.717) is 0 Å². The second-order valence-corrected chi connectivity index (χ2v) is 4.69. The number of rotatable bonds is 12. The molecule has 0 heterocycles. The predicted octanol–water partition coefficient (Wildman–Crippen LogP) is -0.282. The van der Waals surface area contributed by atoms with E-state index in [1.165, 1.54) is 0 Å². The summed E-state index contributed by atoms with van der Waals surface area (Å²) in [4.78, 5) is 65.9. The highest BCUT2D eigenvalue weighted by Crippen LogP contribution is 1.99. The number of esters is 6. The van der Waals surface area contributed by atoms with Gasteiger partial charge in [0.1, 0.15) is 0 Å². The predicted molar refractivity (Wildman–Crippen MR) is 81.0 cm³/mol. The molecular weight excluding hydrogens is 372 g/mol. The van der Waals surface area contributed by atoms with E-state index in [0.717, 1.165) is 13.8 Å². The Kier molecular flexibility index (Phi) is 12.4. The van der Waals surface area contributed by atoms with Crippen LogP contribution in [-0.2, 0) is 57.2 Å². The topological polar surface area (TPSA) is 158 Å². The van der Waals surface area contributed by atoms with Crippen molar-refractivity contribution in [2.24, 2.45) is 0 Å². The van der Waals surface area contributed by atoms with Gasteiger partial charge < -0.3 is 28.4 Å². The van der Waals surface area contributed by atoms with E-state index >= 15 is 0 Å². The average molecular weight is 392 g/mol. The highest BCUT2D eigenvalue weighted by Gasteiger charge is 2.12. The molecule has 0 aliphatic rings. The van der Waals surface area contributed by atoms with E-state index in [-0.39, 0.29) is 25.7 Å². The fourth-order valence-corrected chi connectivity index (χ4v) is 1.21. The molecule has 0 unspecified atom stereocenters. The number of ether oxygens (including phenoxy) is 6. The first kappa shape index (κ1) is 23.8. The van der Waals surface area contributed by atoms with Crippen molar-refractivity contribution in [1.29, 1.82) is 0 Å². The lowest BCUT2D eigenvalue weighted by Crippen LogP contribution is -2.16. The van der Waals surface area contributed by atoms with Gasteiger partial charge in [-0.25, -0.2) is 0 Å². The molecule has 0 saturated heterocycles. The van der Waals surface area contributed by atoms with Crippen molar-refractivity contribution >= 4 is 35.8 Å². The third-order valence-corrected chi connectivity index (χ3v) is 2.47. The molecule has 0 N–H and O–H groups in total. The molecule has 152 valence electrons. The van der Waals surface area contributed by atoms with Gasteiger partial charge in [-0.05, 0) is 0 Å². The van der Waals surface area contributed by atoms with Crippen molar-refractivity contribution in [3.63, 3.8) is 0 Å². The van der Waals surface area contributed by atoms with Gasteiger partial charge in [0.15, 0.2) is 0 Å². The Bertz CT molecular complexity index is 505. The van der Waals surface area contributed by atoms with E-state index < -0.39 is 56.2 Å². The third kappa shape index (κ3) is 16.1. The normalized spacial score (nSPS) is 9.56. The van der Waals surface area contributed by atoms with Crippen molar-refractivity contribution in [3.05, 3.63) is 0 Å². The SMILES string of the molecule is CC(=O)OCOC(=O)CCC(=O)OCOC(=O)CCC(=O)OCOC(C)=O. The first-order valence-electron chi connectivity index (χ1n) is 7.60. The lowest BCUT2D eigenvalue weighted by molar-refractivity contribution is -0.173. The van der Waals surface area contributed by atoms with Crippen LogP contribution in [-0.4, -0.2) is 56.2 Å². The molecule has 0 spiro atoms. The van der Waals surface area contributed by atoms with E-state index in [2.05, 4.69) is 28.4 Å². The minimum atomic E-state index is -0.826. The minimum absolute atomic E-state index is 0.317. The molecule has 0 bridgehead atoms. The van der Waals surface area contributed by atoms with Crippen molar-refractivity contribution in [1.82, 2.24) is 0 Å². The maximum absolute atomic E-state index is 11.3. The Hall–Kier alpha value is -3.18. The molecule has 0 radical (unpaired) electrons. The Morgan fingerprint density at radius 2 is 0.667 bits per heavy atom. The van der Waals surface area contributed by atoms with E-state index in [9.17, 15) is 28.8 Å². The van der Waals surface area contributed by atoms with Crippen LogP contribution in [0, 0.1) is 0 Å². The second kappa shape index (κ2) is 14.0. The second-order valence-electron chi connectivity index (χ2n) is 4.69. The van der Waals surface area contributed by atoms with Gasteiger partial charge in [0.25, 0.3) is 0 Å². The zero-order chi connectivity index (χ0) is 20.7. The van der Waals surface area contributed by atoms with Gasteiger partial charge in [0, 0.05) is 13.8 Å². The van der Waals surface area contributed by atoms with Crippen LogP contribution in [0.25, 0.3) is 0 Å². The number of hydrogen-bond acceptors (Lipinski definition) is 12. The zero-order valence-corrected chi connectivity index (χ0v) is 14.8. The fraction of sp³-hybridized carbons (Fsp3) is 0.600. The summed E-state index contributed by atoms with van der Waals surface area (Å²) < 4.78 is 26.8. The molecule has 0 saturated carbocycles. The van der Waals surface area contributed by atoms with Crippen LogP contribution in [0.2, 0.25) is 0 Å². The van der Waals surface area contributed by atoms with Crippen LogP contribution in [0.1, 0.15) is 39.5 Å². The van der Waals surface area contributed by atoms with Crippen LogP contribution in [0.3, 0.4) is 0 Å². The summed E-state index contributed by atoms with van der Waals surface area (Å²) in [6.07, 6.45) is -1.30. The lowest BCUT2D eigenvalue weighted by Gasteiger charge is -2.07. The molecule has 0 aromatic carbocycles. The summed E-state index contributed by atoms with van der Waals surface area (Å²) in [5, 5.41) is 0. The molecule has 12 nitrogen and oxygen atoms in total. The Morgan fingerprint density at radius 3 is 0.889 bits per heavy atom. The molecule has 0 aliphatic heterocycles. The van der Waals surface area contributed by atoms with Gasteiger partial charge in [-0.3, -0.25) is 28.8 Å². The first-order chi connectivity index (χ1) is 12.7. The summed E-state index contributed by atoms with van der Waals surface area (Å²) in [6.45, 7) is 0.480. The third-order valence-electron chi connectivity index (χ3n) is 2.47. The Balaban J connectivity index is 3.71. The first-order valence-corrected chi connectivity index (χ1v) is 7.60. The summed E-state index contributed by atoms with van der Waals surface area (Å²) >= 11 is 0. The summed E-state index contributed by atoms with van der Waals surface area (Å²) in [5.74, 6) is -4.46. The highest BCUT2D eigenvalue weighted by molar-refractivity contribution is 5.78. The largest absolute Gasteiger partial charge is 0.428 e. The van der Waals surface area contributed by atoms with Gasteiger partial charge in [-0.15, -0.1) is 0 Å². The maximum atomic E-state index is 11.3. The van der Waals surface area contributed by atoms with Crippen LogP contribution < -0.4 is 0 Å². The van der Waals surface area contributed by atoms with Gasteiger partial charge >= 0.3 is 35.8 Å². The molecular formula is C15H20O12. The Labute approximate surface area is 153 Å². The molecule has 0 aliphatic carbocycles. The molecule has 0 atom stereocenters. The van der Waals surface area contributed by atoms with Crippen LogP contribution in [0.5, 0.6) is 0 Å². The van der Waals surface area contributed by atoms with Crippen LogP contribution in [0.4, 0.5) is 0 Å². The van der Waals surface area contributed by atoms with Crippen molar-refractivity contribution in [3.8, 4) is 0 Å². The maximum Gasteiger partial charge on any atom is 0.309 e. The monoisotopic (exact) mass is 392 g/mol. The zero-order valence-electron chi connectivity index (χ0n) is 14.8. The summed E-state index contributed by atoms with van der Waals surface area (Å²) in [5.41, 5.74) is 0. The Morgan fingerprint density at radius 1 is 0.444 bits per heavy atom. The van der Waals surface area contributed by atoms with Gasteiger partial charge in [-0.2, -0.15) is 0 Å². The summed E-state index contributed by atoms with van der Waals surface area (Å²) in [7, 11) is 0. The molecule has 0 aromatic rings. The number of hydrogen-bond donors (Lipinski definition) is 0.